The average molecular weight is 251 g/mol. The molecule has 1 aromatic rings. The van der Waals surface area contributed by atoms with Gasteiger partial charge in [-0.3, -0.25) is 20.3 Å². The lowest BCUT2D eigenvalue weighted by Crippen LogP contribution is -2.33. The van der Waals surface area contributed by atoms with Crippen molar-refractivity contribution in [2.45, 2.75) is 0 Å². The number of benzene rings is 1. The standard InChI is InChI=1S/C10H9N3O5/c14-9(15)5-6-11-12-10(16)7-1-3-8(4-2-7)13(17)18/h1-6,11H,(H,12,16)(H,14,15). The normalized spacial score (nSPS) is 10.0. The molecule has 0 atom stereocenters. The molecule has 0 heterocycles. The molecule has 0 aliphatic rings. The van der Waals surface area contributed by atoms with Crippen molar-refractivity contribution in [2.75, 3.05) is 0 Å². The van der Waals surface area contributed by atoms with Gasteiger partial charge in [0, 0.05) is 30.0 Å². The summed E-state index contributed by atoms with van der Waals surface area (Å²) in [6, 6.07) is 4.97. The van der Waals surface area contributed by atoms with Crippen molar-refractivity contribution in [1.29, 1.82) is 0 Å². The maximum absolute atomic E-state index is 11.4. The monoisotopic (exact) mass is 251 g/mol. The number of nitrogens with one attached hydrogen (secondary N) is 2. The zero-order valence-electron chi connectivity index (χ0n) is 8.99. The quantitative estimate of drug-likeness (QED) is 0.396. The minimum absolute atomic E-state index is 0.120. The molecule has 94 valence electrons. The van der Waals surface area contributed by atoms with Crippen LogP contribution in [0.2, 0.25) is 0 Å². The molecule has 3 N–H and O–H groups in total. The summed E-state index contributed by atoms with van der Waals surface area (Å²) >= 11 is 0. The highest BCUT2D eigenvalue weighted by Gasteiger charge is 2.08. The molecule has 0 spiro atoms. The van der Waals surface area contributed by atoms with Crippen LogP contribution in [0.25, 0.3) is 0 Å². The van der Waals surface area contributed by atoms with Gasteiger partial charge in [0.2, 0.25) is 0 Å². The van der Waals surface area contributed by atoms with Crippen LogP contribution in [0, 0.1) is 10.1 Å². The van der Waals surface area contributed by atoms with Crippen molar-refractivity contribution in [3.63, 3.8) is 0 Å². The van der Waals surface area contributed by atoms with Gasteiger partial charge in [0.15, 0.2) is 0 Å². The summed E-state index contributed by atoms with van der Waals surface area (Å²) in [4.78, 5) is 31.4. The van der Waals surface area contributed by atoms with Gasteiger partial charge in [-0.05, 0) is 12.1 Å². The molecule has 8 nitrogen and oxygen atoms in total. The number of carbonyl (C=O) groups excluding carboxylic acids is 1. The summed E-state index contributed by atoms with van der Waals surface area (Å²) < 4.78 is 0. The van der Waals surface area contributed by atoms with Gasteiger partial charge in [0.1, 0.15) is 0 Å². The molecular weight excluding hydrogens is 242 g/mol. The van der Waals surface area contributed by atoms with E-state index in [2.05, 4.69) is 10.9 Å². The van der Waals surface area contributed by atoms with E-state index in [1.54, 1.807) is 0 Å². The fraction of sp³-hybridized carbons (Fsp3) is 0. The lowest BCUT2D eigenvalue weighted by atomic mass is 10.2. The summed E-state index contributed by atoms with van der Waals surface area (Å²) in [5.41, 5.74) is 4.54. The number of rotatable bonds is 5. The molecule has 0 radical (unpaired) electrons. The van der Waals surface area contributed by atoms with Crippen LogP contribution in [0.4, 0.5) is 5.69 Å². The van der Waals surface area contributed by atoms with Gasteiger partial charge < -0.3 is 10.5 Å². The number of carboxylic acid groups (broad SMARTS) is 1. The molecule has 0 unspecified atom stereocenters. The number of non-ortho nitro benzene ring substituents is 1. The van der Waals surface area contributed by atoms with Crippen LogP contribution < -0.4 is 10.9 Å². The molecule has 18 heavy (non-hydrogen) atoms. The third kappa shape index (κ3) is 3.93. The van der Waals surface area contributed by atoms with Gasteiger partial charge in [0.05, 0.1) is 4.92 Å². The highest BCUT2D eigenvalue weighted by molar-refractivity contribution is 5.94. The lowest BCUT2D eigenvalue weighted by Gasteiger charge is -2.03. The molecule has 0 aliphatic carbocycles. The second kappa shape index (κ2) is 5.99. The highest BCUT2D eigenvalue weighted by atomic mass is 16.6. The Hall–Kier alpha value is -2.90. The fourth-order valence-electron chi connectivity index (χ4n) is 1.03. The van der Waals surface area contributed by atoms with Crippen molar-refractivity contribution in [2.24, 2.45) is 0 Å². The molecular formula is C10H9N3O5. The van der Waals surface area contributed by atoms with Crippen LogP contribution in [0.5, 0.6) is 0 Å². The number of hydrogen-bond acceptors (Lipinski definition) is 5. The summed E-state index contributed by atoms with van der Waals surface area (Å²) in [7, 11) is 0. The number of hydrazine groups is 1. The number of aliphatic carboxylic acids is 1. The highest BCUT2D eigenvalue weighted by Crippen LogP contribution is 2.11. The van der Waals surface area contributed by atoms with Gasteiger partial charge in [-0.2, -0.15) is 0 Å². The van der Waals surface area contributed by atoms with Crippen LogP contribution in [0.15, 0.2) is 36.5 Å². The number of amides is 1. The lowest BCUT2D eigenvalue weighted by molar-refractivity contribution is -0.384. The van der Waals surface area contributed by atoms with E-state index >= 15 is 0 Å². The molecule has 1 amide bonds. The third-order valence-electron chi connectivity index (χ3n) is 1.84. The second-order valence-corrected chi connectivity index (χ2v) is 3.07. The van der Waals surface area contributed by atoms with Crippen molar-refractivity contribution < 1.29 is 19.6 Å². The first-order chi connectivity index (χ1) is 8.50. The van der Waals surface area contributed by atoms with Gasteiger partial charge in [0.25, 0.3) is 11.6 Å². The first-order valence-corrected chi connectivity index (χ1v) is 4.70. The largest absolute Gasteiger partial charge is 0.478 e. The van der Waals surface area contributed by atoms with Crippen LogP contribution in [0.3, 0.4) is 0 Å². The predicted molar refractivity (Wildman–Crippen MR) is 60.5 cm³/mol. The zero-order valence-corrected chi connectivity index (χ0v) is 8.99. The van der Waals surface area contributed by atoms with E-state index in [1.807, 2.05) is 0 Å². The number of carbonyl (C=O) groups is 2. The van der Waals surface area contributed by atoms with E-state index < -0.39 is 16.8 Å². The Morgan fingerprint density at radius 1 is 1.28 bits per heavy atom. The molecule has 8 heteroatoms. The van der Waals surface area contributed by atoms with Gasteiger partial charge >= 0.3 is 5.97 Å². The number of carboxylic acids is 1. The molecule has 0 saturated heterocycles. The number of nitrogens with zero attached hydrogens (tertiary/aromatic N) is 1. The van der Waals surface area contributed by atoms with Gasteiger partial charge in [-0.25, -0.2) is 4.79 Å². The van der Waals surface area contributed by atoms with E-state index in [1.165, 1.54) is 24.3 Å². The SMILES string of the molecule is O=C(O)C=CNNC(=O)c1ccc([N+](=O)[O-])cc1. The van der Waals surface area contributed by atoms with E-state index in [9.17, 15) is 19.7 Å². The van der Waals surface area contributed by atoms with Crippen LogP contribution in [0.1, 0.15) is 10.4 Å². The Labute approximate surface area is 101 Å². The van der Waals surface area contributed by atoms with Crippen LogP contribution in [-0.2, 0) is 4.79 Å². The predicted octanol–water partition coefficient (Wildman–Crippen LogP) is 0.427. The van der Waals surface area contributed by atoms with Crippen molar-refractivity contribution >= 4 is 17.6 Å². The van der Waals surface area contributed by atoms with E-state index in [0.29, 0.717) is 0 Å². The zero-order chi connectivity index (χ0) is 13.5. The van der Waals surface area contributed by atoms with Crippen LogP contribution in [-0.4, -0.2) is 21.9 Å². The minimum atomic E-state index is -1.16. The smallest absolute Gasteiger partial charge is 0.329 e. The van der Waals surface area contributed by atoms with Crippen molar-refractivity contribution in [3.8, 4) is 0 Å². The summed E-state index contributed by atoms with van der Waals surface area (Å²) in [6.07, 6.45) is 1.84. The van der Waals surface area contributed by atoms with Crippen molar-refractivity contribution in [1.82, 2.24) is 10.9 Å². The summed E-state index contributed by atoms with van der Waals surface area (Å²) in [6.45, 7) is 0. The Morgan fingerprint density at radius 2 is 1.89 bits per heavy atom. The van der Waals surface area contributed by atoms with Gasteiger partial charge in [-0.15, -0.1) is 0 Å². The molecule has 0 aromatic heterocycles. The van der Waals surface area contributed by atoms with Gasteiger partial charge in [-0.1, -0.05) is 0 Å². The Bertz CT molecular complexity index is 495. The molecule has 0 bridgehead atoms. The number of nitro benzene ring substituents is 1. The van der Waals surface area contributed by atoms with E-state index in [0.717, 1.165) is 12.3 Å². The maximum Gasteiger partial charge on any atom is 0.329 e. The fourth-order valence-corrected chi connectivity index (χ4v) is 1.03. The molecule has 0 aliphatic heterocycles. The Balaban J connectivity index is 2.57. The number of hydrogen-bond donors (Lipinski definition) is 3. The molecule has 0 fully saturated rings. The van der Waals surface area contributed by atoms with Crippen LogP contribution >= 0.6 is 0 Å². The molecule has 1 rings (SSSR count). The summed E-state index contributed by atoms with van der Waals surface area (Å²) in [5, 5.41) is 18.7. The molecule has 1 aromatic carbocycles. The number of nitro groups is 1. The van der Waals surface area contributed by atoms with Crippen molar-refractivity contribution in [3.05, 3.63) is 52.2 Å². The van der Waals surface area contributed by atoms with E-state index in [4.69, 9.17) is 5.11 Å². The minimum Gasteiger partial charge on any atom is -0.478 e. The second-order valence-electron chi connectivity index (χ2n) is 3.07. The van der Waals surface area contributed by atoms with E-state index in [-0.39, 0.29) is 11.3 Å². The average Bonchev–Trinajstić information content (AvgIpc) is 2.34. The Kier molecular flexibility index (Phi) is 4.38. The first kappa shape index (κ1) is 13.2. The Morgan fingerprint density at radius 3 is 2.39 bits per heavy atom. The molecule has 0 saturated carbocycles. The first-order valence-electron chi connectivity index (χ1n) is 4.70. The maximum atomic E-state index is 11.4. The summed E-state index contributed by atoms with van der Waals surface area (Å²) in [5.74, 6) is -1.70. The topological polar surface area (TPSA) is 122 Å². The third-order valence-corrected chi connectivity index (χ3v) is 1.84.